The molecule has 140 valence electrons. The largest absolute Gasteiger partial charge is 0.326 e. The summed E-state index contributed by atoms with van der Waals surface area (Å²) < 4.78 is 0. The number of hydrogen-bond acceptors (Lipinski definition) is 4. The van der Waals surface area contributed by atoms with E-state index in [-0.39, 0.29) is 30.5 Å². The van der Waals surface area contributed by atoms with Crippen molar-refractivity contribution in [2.24, 2.45) is 5.92 Å². The van der Waals surface area contributed by atoms with Crippen LogP contribution < -0.4 is 10.2 Å². The van der Waals surface area contributed by atoms with E-state index in [1.165, 1.54) is 11.0 Å². The van der Waals surface area contributed by atoms with Gasteiger partial charge in [0.1, 0.15) is 0 Å². The predicted molar refractivity (Wildman–Crippen MR) is 103 cm³/mol. The summed E-state index contributed by atoms with van der Waals surface area (Å²) in [6, 6.07) is 10.4. The van der Waals surface area contributed by atoms with E-state index >= 15 is 0 Å². The third kappa shape index (κ3) is 3.97. The maximum atomic E-state index is 12.6. The molecule has 2 aromatic carbocycles. The first-order chi connectivity index (χ1) is 12.7. The molecule has 3 rings (SSSR count). The van der Waals surface area contributed by atoms with Gasteiger partial charge in [-0.05, 0) is 50.1 Å². The summed E-state index contributed by atoms with van der Waals surface area (Å²) in [6.45, 7) is 5.76. The molecule has 1 aliphatic heterocycles. The lowest BCUT2D eigenvalue weighted by molar-refractivity contribution is -0.385. The van der Waals surface area contributed by atoms with Gasteiger partial charge < -0.3 is 10.2 Å². The van der Waals surface area contributed by atoms with Crippen LogP contribution in [0.4, 0.5) is 17.1 Å². The van der Waals surface area contributed by atoms with Crippen molar-refractivity contribution in [3.8, 4) is 0 Å². The van der Waals surface area contributed by atoms with Gasteiger partial charge in [-0.1, -0.05) is 12.1 Å². The van der Waals surface area contributed by atoms with Crippen LogP contribution in [-0.2, 0) is 9.59 Å². The minimum atomic E-state index is -0.501. The highest BCUT2D eigenvalue weighted by Gasteiger charge is 2.35. The van der Waals surface area contributed by atoms with Crippen molar-refractivity contribution in [1.82, 2.24) is 0 Å². The van der Waals surface area contributed by atoms with E-state index in [9.17, 15) is 19.7 Å². The molecule has 0 spiro atoms. The second-order valence-corrected chi connectivity index (χ2v) is 7.00. The second-order valence-electron chi connectivity index (χ2n) is 7.00. The van der Waals surface area contributed by atoms with Crippen LogP contribution in [0.2, 0.25) is 0 Å². The summed E-state index contributed by atoms with van der Waals surface area (Å²) in [5.41, 5.74) is 3.72. The standard InChI is InChI=1S/C20H21N3O4/c1-12-6-13(2)8-16(7-12)21-20(25)15-9-19(24)22(11-15)17-5-4-14(3)18(10-17)23(26)27/h4-8,10,15H,9,11H2,1-3H3,(H,21,25)/t15-/m0/s1. The highest BCUT2D eigenvalue weighted by atomic mass is 16.6. The Hall–Kier alpha value is -3.22. The molecule has 1 atom stereocenters. The van der Waals surface area contributed by atoms with Crippen molar-refractivity contribution < 1.29 is 14.5 Å². The van der Waals surface area contributed by atoms with E-state index in [2.05, 4.69) is 5.32 Å². The van der Waals surface area contributed by atoms with Gasteiger partial charge in [0, 0.05) is 30.3 Å². The number of anilines is 2. The second kappa shape index (κ2) is 7.19. The van der Waals surface area contributed by atoms with Crippen molar-refractivity contribution in [2.45, 2.75) is 27.2 Å². The van der Waals surface area contributed by atoms with Crippen molar-refractivity contribution in [1.29, 1.82) is 0 Å². The quantitative estimate of drug-likeness (QED) is 0.661. The molecular formula is C20H21N3O4. The Labute approximate surface area is 157 Å². The van der Waals surface area contributed by atoms with E-state index in [1.54, 1.807) is 19.1 Å². The summed E-state index contributed by atoms with van der Waals surface area (Å²) in [6.07, 6.45) is 0.0817. The maximum Gasteiger partial charge on any atom is 0.274 e. The molecule has 2 aromatic rings. The number of aryl methyl sites for hydroxylation is 3. The molecule has 0 aliphatic carbocycles. The van der Waals surface area contributed by atoms with Gasteiger partial charge in [-0.15, -0.1) is 0 Å². The van der Waals surface area contributed by atoms with Crippen LogP contribution in [0.3, 0.4) is 0 Å². The lowest BCUT2D eigenvalue weighted by atomic mass is 10.1. The molecule has 1 fully saturated rings. The molecule has 0 saturated carbocycles. The third-order valence-corrected chi connectivity index (χ3v) is 4.69. The van der Waals surface area contributed by atoms with Crippen LogP contribution >= 0.6 is 0 Å². The molecule has 0 aromatic heterocycles. The first kappa shape index (κ1) is 18.6. The van der Waals surface area contributed by atoms with Gasteiger partial charge in [-0.3, -0.25) is 19.7 Å². The normalized spacial score (nSPS) is 16.5. The average molecular weight is 367 g/mol. The van der Waals surface area contributed by atoms with Crippen molar-refractivity contribution in [3.05, 3.63) is 63.2 Å². The lowest BCUT2D eigenvalue weighted by Crippen LogP contribution is -2.28. The van der Waals surface area contributed by atoms with Gasteiger partial charge in [0.25, 0.3) is 5.69 Å². The van der Waals surface area contributed by atoms with Gasteiger partial charge in [0.15, 0.2) is 0 Å². The molecule has 1 aliphatic rings. The zero-order valence-corrected chi connectivity index (χ0v) is 15.5. The fourth-order valence-corrected chi connectivity index (χ4v) is 3.39. The number of hydrogen-bond donors (Lipinski definition) is 1. The molecule has 0 bridgehead atoms. The zero-order valence-electron chi connectivity index (χ0n) is 15.5. The number of carbonyl (C=O) groups excluding carboxylic acids is 2. The number of carbonyl (C=O) groups is 2. The smallest absolute Gasteiger partial charge is 0.274 e. The number of nitro groups is 1. The monoisotopic (exact) mass is 367 g/mol. The minimum Gasteiger partial charge on any atom is -0.326 e. The number of nitrogens with one attached hydrogen (secondary N) is 1. The zero-order chi connectivity index (χ0) is 19.7. The Morgan fingerprint density at radius 1 is 1.15 bits per heavy atom. The number of rotatable bonds is 4. The topological polar surface area (TPSA) is 92.6 Å². The predicted octanol–water partition coefficient (Wildman–Crippen LogP) is 3.51. The fourth-order valence-electron chi connectivity index (χ4n) is 3.39. The molecule has 7 heteroatoms. The van der Waals surface area contributed by atoms with E-state index in [4.69, 9.17) is 0 Å². The molecule has 1 heterocycles. The fraction of sp³-hybridized carbons (Fsp3) is 0.300. The van der Waals surface area contributed by atoms with Crippen LogP contribution in [0.5, 0.6) is 0 Å². The summed E-state index contributed by atoms with van der Waals surface area (Å²) in [7, 11) is 0. The molecule has 0 radical (unpaired) electrons. The first-order valence-corrected chi connectivity index (χ1v) is 8.69. The highest BCUT2D eigenvalue weighted by Crippen LogP contribution is 2.30. The van der Waals surface area contributed by atoms with E-state index in [1.807, 2.05) is 32.0 Å². The molecule has 2 amide bonds. The lowest BCUT2D eigenvalue weighted by Gasteiger charge is -2.17. The molecule has 27 heavy (non-hydrogen) atoms. The number of amides is 2. The van der Waals surface area contributed by atoms with Crippen molar-refractivity contribution >= 4 is 28.9 Å². The first-order valence-electron chi connectivity index (χ1n) is 8.69. The summed E-state index contributed by atoms with van der Waals surface area (Å²) >= 11 is 0. The average Bonchev–Trinajstić information content (AvgIpc) is 2.96. The molecular weight excluding hydrogens is 346 g/mol. The van der Waals surface area contributed by atoms with Gasteiger partial charge >= 0.3 is 0 Å². The van der Waals surface area contributed by atoms with Crippen molar-refractivity contribution in [2.75, 3.05) is 16.8 Å². The molecule has 7 nitrogen and oxygen atoms in total. The summed E-state index contributed by atoms with van der Waals surface area (Å²) in [4.78, 5) is 37.1. The minimum absolute atomic E-state index is 0.0385. The van der Waals surface area contributed by atoms with Crippen molar-refractivity contribution in [3.63, 3.8) is 0 Å². The molecule has 1 saturated heterocycles. The van der Waals surface area contributed by atoms with Crippen LogP contribution in [-0.4, -0.2) is 23.3 Å². The van der Waals surface area contributed by atoms with Crippen LogP contribution in [0.25, 0.3) is 0 Å². The Bertz CT molecular complexity index is 919. The van der Waals surface area contributed by atoms with E-state index in [0.717, 1.165) is 11.1 Å². The Morgan fingerprint density at radius 2 is 1.81 bits per heavy atom. The van der Waals surface area contributed by atoms with E-state index < -0.39 is 10.8 Å². The number of nitrogens with zero attached hydrogens (tertiary/aromatic N) is 2. The van der Waals surface area contributed by atoms with Gasteiger partial charge in [0.05, 0.1) is 16.5 Å². The Morgan fingerprint density at radius 3 is 2.44 bits per heavy atom. The van der Waals surface area contributed by atoms with Gasteiger partial charge in [-0.25, -0.2) is 0 Å². The van der Waals surface area contributed by atoms with Crippen LogP contribution in [0.15, 0.2) is 36.4 Å². The van der Waals surface area contributed by atoms with Crippen LogP contribution in [0.1, 0.15) is 23.1 Å². The Balaban J connectivity index is 1.76. The molecule has 1 N–H and O–H groups in total. The highest BCUT2D eigenvalue weighted by molar-refractivity contribution is 6.03. The summed E-state index contributed by atoms with van der Waals surface area (Å²) in [5.74, 6) is -0.940. The maximum absolute atomic E-state index is 12.6. The molecule has 0 unspecified atom stereocenters. The third-order valence-electron chi connectivity index (χ3n) is 4.69. The Kier molecular flexibility index (Phi) is 4.94. The van der Waals surface area contributed by atoms with Gasteiger partial charge in [0.2, 0.25) is 11.8 Å². The SMILES string of the molecule is Cc1cc(C)cc(NC(=O)[C@H]2CC(=O)N(c3ccc(C)c([N+](=O)[O-])c3)C2)c1. The van der Waals surface area contributed by atoms with Crippen LogP contribution in [0, 0.1) is 36.8 Å². The number of benzene rings is 2. The van der Waals surface area contributed by atoms with E-state index in [0.29, 0.717) is 16.9 Å². The van der Waals surface area contributed by atoms with Gasteiger partial charge in [-0.2, -0.15) is 0 Å². The number of nitro benzene ring substituents is 1. The summed E-state index contributed by atoms with van der Waals surface area (Å²) in [5, 5.41) is 14.0.